The summed E-state index contributed by atoms with van der Waals surface area (Å²) < 4.78 is 0. The van der Waals surface area contributed by atoms with E-state index in [9.17, 15) is 0 Å². The Kier molecular flexibility index (Phi) is 2.92. The highest BCUT2D eigenvalue weighted by Crippen LogP contribution is 2.32. The summed E-state index contributed by atoms with van der Waals surface area (Å²) in [5, 5.41) is 0. The second-order valence-electron chi connectivity index (χ2n) is 5.01. The molecule has 2 atom stereocenters. The second-order valence-corrected chi connectivity index (χ2v) is 5.01. The molecule has 1 aliphatic carbocycles. The van der Waals surface area contributed by atoms with Gasteiger partial charge in [-0.05, 0) is 37.6 Å². The maximum absolute atomic E-state index is 2.76. The molecule has 1 aliphatic heterocycles. The van der Waals surface area contributed by atoms with Gasteiger partial charge in [0.25, 0.3) is 0 Å². The van der Waals surface area contributed by atoms with Gasteiger partial charge in [0.15, 0.2) is 0 Å². The van der Waals surface area contributed by atoms with E-state index >= 15 is 0 Å². The molecule has 0 spiro atoms. The lowest BCUT2D eigenvalue weighted by molar-refractivity contribution is 0.0507. The fourth-order valence-electron chi connectivity index (χ4n) is 2.79. The van der Waals surface area contributed by atoms with Crippen molar-refractivity contribution in [3.63, 3.8) is 0 Å². The van der Waals surface area contributed by atoms with Crippen molar-refractivity contribution in [2.45, 2.75) is 52.0 Å². The first-order chi connectivity index (χ1) is 6.31. The Morgan fingerprint density at radius 2 is 2.00 bits per heavy atom. The Morgan fingerprint density at radius 3 is 2.54 bits per heavy atom. The molecular formula is C12H23N. The van der Waals surface area contributed by atoms with Gasteiger partial charge in [-0.1, -0.05) is 26.7 Å². The van der Waals surface area contributed by atoms with Crippen LogP contribution in [0.5, 0.6) is 0 Å². The third-order valence-electron chi connectivity index (χ3n) is 4.26. The van der Waals surface area contributed by atoms with Crippen LogP contribution in [0.15, 0.2) is 0 Å². The SMILES string of the molecule is CC[C@@H]1CN(C2CCC2)CC[C@@H]1C. The highest BCUT2D eigenvalue weighted by molar-refractivity contribution is 4.85. The van der Waals surface area contributed by atoms with Crippen LogP contribution < -0.4 is 0 Å². The van der Waals surface area contributed by atoms with Crippen molar-refractivity contribution in [2.24, 2.45) is 11.8 Å². The zero-order chi connectivity index (χ0) is 9.26. The summed E-state index contributed by atoms with van der Waals surface area (Å²) in [4.78, 5) is 2.76. The van der Waals surface area contributed by atoms with Gasteiger partial charge in [0.2, 0.25) is 0 Å². The quantitative estimate of drug-likeness (QED) is 0.633. The first kappa shape index (κ1) is 9.51. The molecule has 76 valence electrons. The first-order valence-corrected chi connectivity index (χ1v) is 6.05. The van der Waals surface area contributed by atoms with E-state index in [0.717, 1.165) is 17.9 Å². The Hall–Kier alpha value is -0.0400. The smallest absolute Gasteiger partial charge is 0.00953 e. The standard InChI is InChI=1S/C12H23N/c1-3-11-9-13(8-7-10(11)2)12-5-4-6-12/h10-12H,3-9H2,1-2H3/t10-,11+/m0/s1. The van der Waals surface area contributed by atoms with Crippen LogP contribution in [0.3, 0.4) is 0 Å². The van der Waals surface area contributed by atoms with Gasteiger partial charge in [0, 0.05) is 12.6 Å². The lowest BCUT2D eigenvalue weighted by Gasteiger charge is -2.44. The van der Waals surface area contributed by atoms with Crippen LogP contribution >= 0.6 is 0 Å². The Morgan fingerprint density at radius 1 is 1.23 bits per heavy atom. The molecule has 1 saturated carbocycles. The van der Waals surface area contributed by atoms with E-state index in [1.54, 1.807) is 0 Å². The molecule has 1 heteroatoms. The molecule has 0 unspecified atom stereocenters. The van der Waals surface area contributed by atoms with Crippen molar-refractivity contribution in [1.29, 1.82) is 0 Å². The summed E-state index contributed by atoms with van der Waals surface area (Å²) >= 11 is 0. The van der Waals surface area contributed by atoms with Crippen molar-refractivity contribution < 1.29 is 0 Å². The summed E-state index contributed by atoms with van der Waals surface area (Å²) in [6.45, 7) is 7.56. The van der Waals surface area contributed by atoms with Gasteiger partial charge in [-0.3, -0.25) is 0 Å². The Labute approximate surface area is 82.5 Å². The summed E-state index contributed by atoms with van der Waals surface area (Å²) in [7, 11) is 0. The maximum Gasteiger partial charge on any atom is 0.00953 e. The van der Waals surface area contributed by atoms with Crippen LogP contribution in [0.2, 0.25) is 0 Å². The van der Waals surface area contributed by atoms with Crippen molar-refractivity contribution >= 4 is 0 Å². The predicted molar refractivity (Wildman–Crippen MR) is 56.8 cm³/mol. The van der Waals surface area contributed by atoms with E-state index < -0.39 is 0 Å². The number of hydrogen-bond acceptors (Lipinski definition) is 1. The van der Waals surface area contributed by atoms with E-state index in [2.05, 4.69) is 18.7 Å². The molecule has 0 aromatic heterocycles. The fourth-order valence-corrected chi connectivity index (χ4v) is 2.79. The highest BCUT2D eigenvalue weighted by atomic mass is 15.2. The fraction of sp³-hybridized carbons (Fsp3) is 1.00. The number of rotatable bonds is 2. The molecule has 13 heavy (non-hydrogen) atoms. The number of likely N-dealkylation sites (tertiary alicyclic amines) is 1. The number of piperidine rings is 1. The third-order valence-corrected chi connectivity index (χ3v) is 4.26. The van der Waals surface area contributed by atoms with Crippen molar-refractivity contribution in [3.05, 3.63) is 0 Å². The Balaban J connectivity index is 1.86. The zero-order valence-corrected chi connectivity index (χ0v) is 9.13. The van der Waals surface area contributed by atoms with E-state index in [4.69, 9.17) is 0 Å². The summed E-state index contributed by atoms with van der Waals surface area (Å²) in [5.74, 6) is 1.95. The normalized spacial score (nSPS) is 37.4. The van der Waals surface area contributed by atoms with Crippen LogP contribution in [0.4, 0.5) is 0 Å². The van der Waals surface area contributed by atoms with E-state index in [1.807, 2.05) is 0 Å². The minimum Gasteiger partial charge on any atom is -0.300 e. The monoisotopic (exact) mass is 181 g/mol. The van der Waals surface area contributed by atoms with Gasteiger partial charge in [0.05, 0.1) is 0 Å². The maximum atomic E-state index is 2.76. The minimum atomic E-state index is 0.973. The molecule has 1 heterocycles. The molecule has 0 aromatic carbocycles. The third kappa shape index (κ3) is 1.90. The minimum absolute atomic E-state index is 0.973. The van der Waals surface area contributed by atoms with E-state index in [1.165, 1.54) is 45.2 Å². The Bertz CT molecular complexity index is 163. The van der Waals surface area contributed by atoms with Crippen LogP contribution in [0, 0.1) is 11.8 Å². The van der Waals surface area contributed by atoms with Gasteiger partial charge >= 0.3 is 0 Å². The molecule has 0 aromatic rings. The lowest BCUT2D eigenvalue weighted by atomic mass is 9.82. The van der Waals surface area contributed by atoms with Crippen molar-refractivity contribution in [3.8, 4) is 0 Å². The van der Waals surface area contributed by atoms with Gasteiger partial charge in [-0.25, -0.2) is 0 Å². The number of hydrogen-bond donors (Lipinski definition) is 0. The first-order valence-electron chi connectivity index (χ1n) is 6.05. The molecule has 0 N–H and O–H groups in total. The van der Waals surface area contributed by atoms with Crippen LogP contribution in [0.25, 0.3) is 0 Å². The lowest BCUT2D eigenvalue weighted by Crippen LogP contribution is -2.47. The molecular weight excluding hydrogens is 158 g/mol. The van der Waals surface area contributed by atoms with Gasteiger partial charge in [-0.2, -0.15) is 0 Å². The summed E-state index contributed by atoms with van der Waals surface area (Å²) in [6, 6.07) is 0.974. The van der Waals surface area contributed by atoms with Gasteiger partial charge < -0.3 is 4.90 Å². The summed E-state index contributed by atoms with van der Waals surface area (Å²) in [6.07, 6.45) is 7.25. The molecule has 0 amide bonds. The van der Waals surface area contributed by atoms with Crippen molar-refractivity contribution in [1.82, 2.24) is 4.90 Å². The second kappa shape index (κ2) is 4.00. The highest BCUT2D eigenvalue weighted by Gasteiger charge is 2.31. The zero-order valence-electron chi connectivity index (χ0n) is 9.13. The average Bonchev–Trinajstić information content (AvgIpc) is 2.05. The molecule has 0 bridgehead atoms. The van der Waals surface area contributed by atoms with Crippen LogP contribution in [-0.2, 0) is 0 Å². The number of nitrogens with zero attached hydrogens (tertiary/aromatic N) is 1. The van der Waals surface area contributed by atoms with Gasteiger partial charge in [-0.15, -0.1) is 0 Å². The molecule has 0 radical (unpaired) electrons. The topological polar surface area (TPSA) is 3.24 Å². The largest absolute Gasteiger partial charge is 0.300 e. The van der Waals surface area contributed by atoms with Crippen molar-refractivity contribution in [2.75, 3.05) is 13.1 Å². The molecule has 1 nitrogen and oxygen atoms in total. The summed E-state index contributed by atoms with van der Waals surface area (Å²) in [5.41, 5.74) is 0. The van der Waals surface area contributed by atoms with Crippen LogP contribution in [-0.4, -0.2) is 24.0 Å². The van der Waals surface area contributed by atoms with Crippen LogP contribution in [0.1, 0.15) is 46.0 Å². The van der Waals surface area contributed by atoms with E-state index in [-0.39, 0.29) is 0 Å². The average molecular weight is 181 g/mol. The molecule has 2 fully saturated rings. The predicted octanol–water partition coefficient (Wildman–Crippen LogP) is 2.91. The van der Waals surface area contributed by atoms with Gasteiger partial charge in [0.1, 0.15) is 0 Å². The molecule has 1 saturated heterocycles. The van der Waals surface area contributed by atoms with E-state index in [0.29, 0.717) is 0 Å². The molecule has 2 aliphatic rings. The molecule has 2 rings (SSSR count).